The number of benzene rings is 1. The number of aryl methyl sites for hydroxylation is 1. The predicted molar refractivity (Wildman–Crippen MR) is 61.7 cm³/mol. The van der Waals surface area contributed by atoms with Gasteiger partial charge in [-0.05, 0) is 18.6 Å². The summed E-state index contributed by atoms with van der Waals surface area (Å²) in [5, 5.41) is 0.728. The predicted octanol–water partition coefficient (Wildman–Crippen LogP) is 0.262. The van der Waals surface area contributed by atoms with Crippen LogP contribution in [0.15, 0.2) is 30.3 Å². The molecule has 0 saturated heterocycles. The van der Waals surface area contributed by atoms with Gasteiger partial charge >= 0.3 is 5.51 Å². The lowest BCUT2D eigenvalue weighted by atomic mass is 10.2. The normalized spacial score (nSPS) is 13.0. The van der Waals surface area contributed by atoms with Gasteiger partial charge < -0.3 is 0 Å². The number of halogens is 4. The molecule has 1 atom stereocenters. The number of hydrogen-bond donors (Lipinski definition) is 0. The summed E-state index contributed by atoms with van der Waals surface area (Å²) in [6.45, 7) is 1.90. The number of rotatable bonds is 2. The second-order valence-corrected chi connectivity index (χ2v) is 6.82. The minimum atomic E-state index is -4.94. The topological polar surface area (TPSA) is 92.2 Å². The third-order valence-corrected chi connectivity index (χ3v) is 4.57. The molecule has 0 radical (unpaired) electrons. The van der Waals surface area contributed by atoms with Crippen molar-refractivity contribution in [2.45, 2.75) is 25.3 Å². The van der Waals surface area contributed by atoms with Gasteiger partial charge in [-0.1, -0.05) is 19.1 Å². The van der Waals surface area contributed by atoms with Gasteiger partial charge in [0, 0.05) is 17.9 Å². The van der Waals surface area contributed by atoms with E-state index < -0.39 is 26.2 Å². The lowest BCUT2D eigenvalue weighted by Crippen LogP contribution is -2.68. The fourth-order valence-electron chi connectivity index (χ4n) is 1.85. The Labute approximate surface area is 123 Å². The van der Waals surface area contributed by atoms with Crippen molar-refractivity contribution in [1.82, 2.24) is 0 Å². The summed E-state index contributed by atoms with van der Waals surface area (Å²) >= 11 is 0. The number of hydrogen-bond acceptors (Lipinski definition) is 4. The van der Waals surface area contributed by atoms with Crippen molar-refractivity contribution >= 4 is 20.6 Å². The smallest absolute Gasteiger partial charge is 0.222 e. The van der Waals surface area contributed by atoms with Crippen LogP contribution in [-0.2, 0) is 11.9 Å². The SMILES string of the molecule is CCCc1cc2ccccc2[s+]1C(F)(F)F.[O-][Cl+3]([O-])([O-])[O-]. The van der Waals surface area contributed by atoms with E-state index in [1.807, 2.05) is 6.92 Å². The van der Waals surface area contributed by atoms with Gasteiger partial charge in [0.15, 0.2) is 9.58 Å². The molecule has 1 heterocycles. The number of alkyl halides is 3. The van der Waals surface area contributed by atoms with Crippen LogP contribution in [0.2, 0.25) is 0 Å². The van der Waals surface area contributed by atoms with Gasteiger partial charge in [0.05, 0.1) is 10.5 Å². The molecule has 9 heteroatoms. The van der Waals surface area contributed by atoms with Gasteiger partial charge in [-0.3, -0.25) is 0 Å². The van der Waals surface area contributed by atoms with E-state index in [-0.39, 0.29) is 0 Å². The highest BCUT2D eigenvalue weighted by Gasteiger charge is 2.47. The zero-order valence-corrected chi connectivity index (χ0v) is 12.4. The van der Waals surface area contributed by atoms with Gasteiger partial charge in [-0.15, -0.1) is 23.4 Å². The van der Waals surface area contributed by atoms with Gasteiger partial charge in [0.2, 0.25) is 0 Å². The van der Waals surface area contributed by atoms with E-state index >= 15 is 0 Å². The molecule has 0 amide bonds. The summed E-state index contributed by atoms with van der Waals surface area (Å²) < 4.78 is 73.4. The van der Waals surface area contributed by atoms with Gasteiger partial charge in [-0.25, -0.2) is 18.6 Å². The summed E-state index contributed by atoms with van der Waals surface area (Å²) in [6.07, 6.45) is 1.27. The second kappa shape index (κ2) is 6.91. The molecule has 4 nitrogen and oxygen atoms in total. The highest BCUT2D eigenvalue weighted by molar-refractivity contribution is 7.38. The van der Waals surface area contributed by atoms with Crippen LogP contribution in [0.5, 0.6) is 0 Å². The number of fused-ring (bicyclic) bond motifs is 1. The molecule has 0 saturated carbocycles. The molecule has 118 valence electrons. The first kappa shape index (κ1) is 18.1. The van der Waals surface area contributed by atoms with Crippen molar-refractivity contribution in [3.8, 4) is 0 Å². The first-order valence-electron chi connectivity index (χ1n) is 5.76. The van der Waals surface area contributed by atoms with E-state index in [2.05, 4.69) is 0 Å². The first-order chi connectivity index (χ1) is 9.54. The molecule has 21 heavy (non-hydrogen) atoms. The lowest BCUT2D eigenvalue weighted by molar-refractivity contribution is -2.00. The van der Waals surface area contributed by atoms with Crippen LogP contribution in [0.4, 0.5) is 13.2 Å². The Kier molecular flexibility index (Phi) is 5.97. The molecule has 0 spiro atoms. The van der Waals surface area contributed by atoms with E-state index in [9.17, 15) is 13.2 Å². The molecular formula is C12H12ClF3O4S. The Balaban J connectivity index is 0.000000383. The van der Waals surface area contributed by atoms with Crippen molar-refractivity contribution < 1.29 is 42.1 Å². The van der Waals surface area contributed by atoms with Crippen molar-refractivity contribution in [3.05, 3.63) is 35.2 Å². The summed E-state index contributed by atoms with van der Waals surface area (Å²) in [5.74, 6) is 0. The summed E-state index contributed by atoms with van der Waals surface area (Å²) in [6, 6.07) is 8.50. The maximum absolute atomic E-state index is 13.0. The van der Waals surface area contributed by atoms with Crippen LogP contribution in [0.25, 0.3) is 10.1 Å². The highest BCUT2D eigenvalue weighted by atomic mass is 35.7. The van der Waals surface area contributed by atoms with E-state index in [0.717, 1.165) is 11.8 Å². The summed E-state index contributed by atoms with van der Waals surface area (Å²) in [7, 11) is -6.64. The molecule has 1 unspecified atom stereocenters. The Morgan fingerprint density at radius 1 is 1.10 bits per heavy atom. The fraction of sp³-hybridized carbons (Fsp3) is 0.333. The molecule has 0 aliphatic heterocycles. The zero-order valence-electron chi connectivity index (χ0n) is 10.9. The highest BCUT2D eigenvalue weighted by Crippen LogP contribution is 2.50. The maximum atomic E-state index is 13.0. The molecular weight excluding hydrogens is 333 g/mol. The van der Waals surface area contributed by atoms with Gasteiger partial charge in [0.25, 0.3) is 0 Å². The van der Waals surface area contributed by atoms with Crippen molar-refractivity contribution in [2.24, 2.45) is 0 Å². The van der Waals surface area contributed by atoms with Crippen LogP contribution >= 0.6 is 10.5 Å². The third kappa shape index (κ3) is 5.77. The van der Waals surface area contributed by atoms with E-state index in [1.54, 1.807) is 30.3 Å². The molecule has 0 aliphatic carbocycles. The van der Waals surface area contributed by atoms with Crippen LogP contribution in [-0.4, -0.2) is 0 Å². The average Bonchev–Trinajstić information content (AvgIpc) is 2.64. The van der Waals surface area contributed by atoms with Crippen LogP contribution < -0.4 is 18.6 Å². The minimum Gasteiger partial charge on any atom is -0.222 e. The van der Waals surface area contributed by atoms with Crippen LogP contribution in [0, 0.1) is 10.2 Å². The molecule has 1 aromatic heterocycles. The molecule has 0 aliphatic rings. The lowest BCUT2D eigenvalue weighted by Gasteiger charge is -2.17. The van der Waals surface area contributed by atoms with E-state index in [0.29, 0.717) is 16.0 Å². The molecule has 0 fully saturated rings. The van der Waals surface area contributed by atoms with Crippen LogP contribution in [0.3, 0.4) is 0 Å². The van der Waals surface area contributed by atoms with Crippen molar-refractivity contribution in [3.63, 3.8) is 0 Å². The minimum absolute atomic E-state index is 0.429. The molecule has 0 bridgehead atoms. The summed E-state index contributed by atoms with van der Waals surface area (Å²) in [5.41, 5.74) is -4.15. The molecule has 1 aromatic carbocycles. The zero-order chi connectivity index (χ0) is 16.3. The third-order valence-electron chi connectivity index (χ3n) is 2.45. The van der Waals surface area contributed by atoms with Crippen LogP contribution in [0.1, 0.15) is 18.2 Å². The monoisotopic (exact) mass is 344 g/mol. The fourth-order valence-corrected chi connectivity index (χ4v) is 3.91. The van der Waals surface area contributed by atoms with E-state index in [1.165, 1.54) is 0 Å². The standard InChI is InChI=1S/C12H12F3S.ClHO4/c1-2-5-10-8-9-6-3-4-7-11(9)16(10)12(13,14)15;2-1(3,4)5/h3-4,6-8H,2,5H2,1H3;(H,2,3,4,5)/q+1;/p-1. The maximum Gasteiger partial charge on any atom is 0.600 e. The average molecular weight is 345 g/mol. The van der Waals surface area contributed by atoms with Crippen molar-refractivity contribution in [2.75, 3.05) is 0 Å². The Hall–Kier alpha value is -0.900. The summed E-state index contributed by atoms with van der Waals surface area (Å²) in [4.78, 5) is 0.524. The Bertz CT molecular complexity index is 586. The van der Waals surface area contributed by atoms with Crippen molar-refractivity contribution in [1.29, 1.82) is 0 Å². The molecule has 2 aromatic rings. The Morgan fingerprint density at radius 3 is 2.10 bits per heavy atom. The van der Waals surface area contributed by atoms with E-state index in [4.69, 9.17) is 18.6 Å². The number of thiophene rings is 1. The largest absolute Gasteiger partial charge is 0.600 e. The first-order valence-corrected chi connectivity index (χ1v) is 8.22. The Morgan fingerprint density at radius 2 is 1.62 bits per heavy atom. The van der Waals surface area contributed by atoms with Gasteiger partial charge in [-0.2, -0.15) is 0 Å². The molecule has 0 N–H and O–H groups in total. The van der Waals surface area contributed by atoms with Gasteiger partial charge in [0.1, 0.15) is 0 Å². The second-order valence-electron chi connectivity index (χ2n) is 4.03. The quantitative estimate of drug-likeness (QED) is 0.731. The molecule has 2 rings (SSSR count).